The molecular formula is C6H9ClN4O. The SMILES string of the molecule is Clc1n[nH]c(C2COCCN2)n1. The molecule has 12 heavy (non-hydrogen) atoms. The Labute approximate surface area is 74.5 Å². The molecule has 1 aliphatic rings. The molecule has 0 aromatic carbocycles. The molecule has 1 aliphatic heterocycles. The van der Waals surface area contributed by atoms with Crippen molar-refractivity contribution < 1.29 is 4.74 Å². The van der Waals surface area contributed by atoms with Crippen LogP contribution >= 0.6 is 11.6 Å². The summed E-state index contributed by atoms with van der Waals surface area (Å²) in [4.78, 5) is 3.99. The van der Waals surface area contributed by atoms with Crippen molar-refractivity contribution in [2.75, 3.05) is 19.8 Å². The van der Waals surface area contributed by atoms with E-state index in [1.807, 2.05) is 0 Å². The predicted octanol–water partition coefficient (Wildman–Crippen LogP) is 0.119. The molecule has 1 saturated heterocycles. The van der Waals surface area contributed by atoms with Gasteiger partial charge in [0.1, 0.15) is 5.82 Å². The molecule has 5 nitrogen and oxygen atoms in total. The van der Waals surface area contributed by atoms with E-state index in [9.17, 15) is 0 Å². The summed E-state index contributed by atoms with van der Waals surface area (Å²) in [6, 6.07) is 0.0961. The Hall–Kier alpha value is -0.650. The summed E-state index contributed by atoms with van der Waals surface area (Å²) in [6.45, 7) is 2.20. The van der Waals surface area contributed by atoms with Crippen LogP contribution in [0.25, 0.3) is 0 Å². The molecule has 2 rings (SSSR count). The quantitative estimate of drug-likeness (QED) is 0.657. The van der Waals surface area contributed by atoms with Crippen molar-refractivity contribution in [1.82, 2.24) is 20.5 Å². The van der Waals surface area contributed by atoms with Crippen LogP contribution in [0.1, 0.15) is 11.9 Å². The lowest BCUT2D eigenvalue weighted by atomic mass is 10.3. The lowest BCUT2D eigenvalue weighted by Gasteiger charge is -2.21. The molecule has 1 fully saturated rings. The monoisotopic (exact) mass is 188 g/mol. The smallest absolute Gasteiger partial charge is 0.242 e. The maximum atomic E-state index is 5.56. The maximum Gasteiger partial charge on any atom is 0.242 e. The Morgan fingerprint density at radius 1 is 1.58 bits per heavy atom. The average Bonchev–Trinajstić information content (AvgIpc) is 2.54. The van der Waals surface area contributed by atoms with Gasteiger partial charge in [-0.15, -0.1) is 5.10 Å². The highest BCUT2D eigenvalue weighted by Crippen LogP contribution is 2.11. The minimum Gasteiger partial charge on any atom is -0.378 e. The van der Waals surface area contributed by atoms with Crippen LogP contribution in [0.2, 0.25) is 5.28 Å². The largest absolute Gasteiger partial charge is 0.378 e. The van der Waals surface area contributed by atoms with E-state index < -0.39 is 0 Å². The third kappa shape index (κ3) is 1.57. The van der Waals surface area contributed by atoms with Crippen molar-refractivity contribution in [2.45, 2.75) is 6.04 Å². The summed E-state index contributed by atoms with van der Waals surface area (Å²) in [5.74, 6) is 0.736. The van der Waals surface area contributed by atoms with Gasteiger partial charge in [-0.25, -0.2) is 4.98 Å². The molecular weight excluding hydrogens is 180 g/mol. The number of halogens is 1. The van der Waals surface area contributed by atoms with Crippen molar-refractivity contribution >= 4 is 11.6 Å². The van der Waals surface area contributed by atoms with Crippen LogP contribution in [0.4, 0.5) is 0 Å². The van der Waals surface area contributed by atoms with Crippen LogP contribution in [0.5, 0.6) is 0 Å². The first kappa shape index (κ1) is 7.97. The molecule has 2 heterocycles. The summed E-state index contributed by atoms with van der Waals surface area (Å²) < 4.78 is 5.25. The van der Waals surface area contributed by atoms with E-state index in [0.717, 1.165) is 19.0 Å². The summed E-state index contributed by atoms with van der Waals surface area (Å²) in [5, 5.41) is 9.94. The minimum absolute atomic E-state index is 0.0961. The van der Waals surface area contributed by atoms with E-state index in [4.69, 9.17) is 16.3 Å². The highest BCUT2D eigenvalue weighted by molar-refractivity contribution is 6.28. The molecule has 0 aliphatic carbocycles. The Morgan fingerprint density at radius 2 is 2.50 bits per heavy atom. The van der Waals surface area contributed by atoms with Crippen molar-refractivity contribution in [3.8, 4) is 0 Å². The van der Waals surface area contributed by atoms with Gasteiger partial charge in [0.05, 0.1) is 19.3 Å². The Bertz CT molecular complexity index is 258. The topological polar surface area (TPSA) is 62.8 Å². The fourth-order valence-electron chi connectivity index (χ4n) is 1.15. The van der Waals surface area contributed by atoms with Gasteiger partial charge in [-0.2, -0.15) is 0 Å². The van der Waals surface area contributed by atoms with Gasteiger partial charge >= 0.3 is 0 Å². The molecule has 2 N–H and O–H groups in total. The van der Waals surface area contributed by atoms with E-state index in [1.54, 1.807) is 0 Å². The van der Waals surface area contributed by atoms with Crippen molar-refractivity contribution in [1.29, 1.82) is 0 Å². The van der Waals surface area contributed by atoms with Crippen molar-refractivity contribution in [3.63, 3.8) is 0 Å². The first-order valence-electron chi connectivity index (χ1n) is 3.75. The summed E-state index contributed by atoms with van der Waals surface area (Å²) in [6.07, 6.45) is 0. The number of H-pyrrole nitrogens is 1. The molecule has 1 aromatic rings. The van der Waals surface area contributed by atoms with Crippen LogP contribution in [-0.4, -0.2) is 34.9 Å². The van der Waals surface area contributed by atoms with Gasteiger partial charge in [0.2, 0.25) is 5.28 Å². The Morgan fingerprint density at radius 3 is 3.08 bits per heavy atom. The van der Waals surface area contributed by atoms with Gasteiger partial charge < -0.3 is 10.1 Å². The van der Waals surface area contributed by atoms with Gasteiger partial charge in [-0.1, -0.05) is 0 Å². The highest BCUT2D eigenvalue weighted by atomic mass is 35.5. The molecule has 1 unspecified atom stereocenters. The number of aromatic amines is 1. The third-order valence-corrected chi connectivity index (χ3v) is 1.90. The lowest BCUT2D eigenvalue weighted by Crippen LogP contribution is -2.35. The van der Waals surface area contributed by atoms with Crippen LogP contribution < -0.4 is 5.32 Å². The fourth-order valence-corrected chi connectivity index (χ4v) is 1.28. The summed E-state index contributed by atoms with van der Waals surface area (Å²) in [5.41, 5.74) is 0. The molecule has 66 valence electrons. The highest BCUT2D eigenvalue weighted by Gasteiger charge is 2.18. The number of nitrogens with zero attached hydrogens (tertiary/aromatic N) is 2. The van der Waals surface area contributed by atoms with Crippen LogP contribution in [0.15, 0.2) is 0 Å². The van der Waals surface area contributed by atoms with Gasteiger partial charge in [-0.3, -0.25) is 5.10 Å². The Balaban J connectivity index is 2.08. The zero-order valence-corrected chi connectivity index (χ0v) is 7.14. The van der Waals surface area contributed by atoms with Gasteiger partial charge in [0.25, 0.3) is 0 Å². The second-order valence-electron chi connectivity index (χ2n) is 2.57. The predicted molar refractivity (Wildman–Crippen MR) is 43.0 cm³/mol. The van der Waals surface area contributed by atoms with Crippen molar-refractivity contribution in [2.24, 2.45) is 0 Å². The molecule has 0 saturated carbocycles. The van der Waals surface area contributed by atoms with E-state index in [1.165, 1.54) is 0 Å². The number of nitrogens with one attached hydrogen (secondary N) is 2. The number of hydrogen-bond donors (Lipinski definition) is 2. The molecule has 0 radical (unpaired) electrons. The number of morpholine rings is 1. The van der Waals surface area contributed by atoms with Crippen molar-refractivity contribution in [3.05, 3.63) is 11.1 Å². The van der Waals surface area contributed by atoms with E-state index >= 15 is 0 Å². The standard InChI is InChI=1S/C6H9ClN4O/c7-6-9-5(10-11-6)4-3-12-2-1-8-4/h4,8H,1-3H2,(H,9,10,11). The van der Waals surface area contributed by atoms with Gasteiger partial charge in [0.15, 0.2) is 0 Å². The normalized spacial score (nSPS) is 24.2. The van der Waals surface area contributed by atoms with E-state index in [2.05, 4.69) is 20.5 Å². The van der Waals surface area contributed by atoms with E-state index in [0.29, 0.717) is 6.61 Å². The first-order valence-corrected chi connectivity index (χ1v) is 4.13. The molecule has 0 amide bonds. The van der Waals surface area contributed by atoms with Gasteiger partial charge in [0, 0.05) is 6.54 Å². The molecule has 0 spiro atoms. The first-order chi connectivity index (χ1) is 5.86. The van der Waals surface area contributed by atoms with E-state index in [-0.39, 0.29) is 11.3 Å². The molecule has 0 bridgehead atoms. The Kier molecular flexibility index (Phi) is 2.25. The van der Waals surface area contributed by atoms with Crippen LogP contribution in [0.3, 0.4) is 0 Å². The number of ether oxygens (including phenoxy) is 1. The van der Waals surface area contributed by atoms with Crippen LogP contribution in [-0.2, 0) is 4.74 Å². The zero-order valence-electron chi connectivity index (χ0n) is 6.38. The van der Waals surface area contributed by atoms with Gasteiger partial charge in [-0.05, 0) is 11.6 Å². The third-order valence-electron chi connectivity index (χ3n) is 1.73. The average molecular weight is 189 g/mol. The number of aromatic nitrogens is 3. The minimum atomic E-state index is 0.0961. The van der Waals surface area contributed by atoms with Crippen LogP contribution in [0, 0.1) is 0 Å². The second-order valence-corrected chi connectivity index (χ2v) is 2.91. The summed E-state index contributed by atoms with van der Waals surface area (Å²) in [7, 11) is 0. The second kappa shape index (κ2) is 3.38. The summed E-state index contributed by atoms with van der Waals surface area (Å²) >= 11 is 5.56. The molecule has 6 heteroatoms. The molecule has 1 atom stereocenters. The lowest BCUT2D eigenvalue weighted by molar-refractivity contribution is 0.0743. The molecule has 1 aromatic heterocycles. The fraction of sp³-hybridized carbons (Fsp3) is 0.667. The number of rotatable bonds is 1. The number of hydrogen-bond acceptors (Lipinski definition) is 4. The zero-order chi connectivity index (χ0) is 8.39. The maximum absolute atomic E-state index is 5.56.